The first kappa shape index (κ1) is 46.1. The molecule has 61 heavy (non-hydrogen) atoms. The summed E-state index contributed by atoms with van der Waals surface area (Å²) in [7, 11) is 0. The molecule has 1 saturated carbocycles. The van der Waals surface area contributed by atoms with Crippen molar-refractivity contribution in [1.29, 1.82) is 0 Å². The van der Waals surface area contributed by atoms with Crippen LogP contribution in [-0.4, -0.2) is 126 Å². The van der Waals surface area contributed by atoms with Crippen LogP contribution in [0.4, 0.5) is 9.59 Å². The summed E-state index contributed by atoms with van der Waals surface area (Å²) in [6.45, 7) is 6.54. The summed E-state index contributed by atoms with van der Waals surface area (Å²) in [5, 5.41) is 42.4. The zero-order valence-electron chi connectivity index (χ0n) is 34.8. The van der Waals surface area contributed by atoms with Gasteiger partial charge >= 0.3 is 12.2 Å². The molecule has 0 spiro atoms. The minimum absolute atomic E-state index is 0.0359. The van der Waals surface area contributed by atoms with Crippen LogP contribution in [0, 0.1) is 5.92 Å². The van der Waals surface area contributed by atoms with Crippen molar-refractivity contribution in [2.24, 2.45) is 5.92 Å². The van der Waals surface area contributed by atoms with E-state index in [1.807, 2.05) is 87.5 Å². The van der Waals surface area contributed by atoms with Gasteiger partial charge in [0.25, 0.3) is 0 Å². The van der Waals surface area contributed by atoms with E-state index < -0.39 is 92.4 Å². The van der Waals surface area contributed by atoms with Gasteiger partial charge in [0.2, 0.25) is 5.91 Å². The fourth-order valence-corrected chi connectivity index (χ4v) is 7.80. The lowest BCUT2D eigenvalue weighted by atomic mass is 9.80. The zero-order valence-corrected chi connectivity index (χ0v) is 34.8. The first-order chi connectivity index (χ1) is 29.5. The number of carbonyl (C=O) groups is 3. The van der Waals surface area contributed by atoms with Gasteiger partial charge in [-0.3, -0.25) is 4.79 Å². The van der Waals surface area contributed by atoms with Crippen LogP contribution in [0.5, 0.6) is 0 Å². The van der Waals surface area contributed by atoms with Crippen molar-refractivity contribution in [1.82, 2.24) is 16.0 Å². The first-order valence-electron chi connectivity index (χ1n) is 20.9. The summed E-state index contributed by atoms with van der Waals surface area (Å²) in [6.07, 6.45) is -4.72. The summed E-state index contributed by atoms with van der Waals surface area (Å²) in [5.41, 5.74) is 1.61. The van der Waals surface area contributed by atoms with Crippen LogP contribution in [-0.2, 0) is 55.9 Å². The largest absolute Gasteiger partial charge is 0.445 e. The topological polar surface area (TPSA) is 222 Å². The number of aliphatic hydroxyl groups excluding tert-OH is 3. The van der Waals surface area contributed by atoms with Crippen molar-refractivity contribution in [2.75, 3.05) is 6.61 Å². The molecule has 2 aromatic carbocycles. The number of aliphatic hydroxyl groups is 3. The number of ether oxygens (including phenoxy) is 8. The van der Waals surface area contributed by atoms with Gasteiger partial charge in [-0.15, -0.1) is 0 Å². The standard InChI is InChI=1S/C44H59N3O14/c1-5-29-17-19-31(46-43(52)54-23-27-13-9-7-10-14-27)40(56-29)59-37-25(3)21-33(45-26(4)49)35(50)39(37)61-42-36(51)38(34(22-48)58-42)60-41-32(20-18-30(6-2)57-41)47-44(53)55-24-28-15-11-8-12-16-28/h7-20,25,29-42,48,50-51H,5-6,21-24H2,1-4H3,(H,45,49)(H,46,52)(H,47,53). The molecule has 15 atom stereocenters. The first-order valence-corrected chi connectivity index (χ1v) is 20.9. The summed E-state index contributed by atoms with van der Waals surface area (Å²) < 4.78 is 48.7. The van der Waals surface area contributed by atoms with Crippen molar-refractivity contribution in [3.05, 3.63) is 96.1 Å². The van der Waals surface area contributed by atoms with Crippen molar-refractivity contribution in [2.45, 2.75) is 146 Å². The van der Waals surface area contributed by atoms with Crippen molar-refractivity contribution in [3.63, 3.8) is 0 Å². The van der Waals surface area contributed by atoms with Gasteiger partial charge in [-0.05, 0) is 36.3 Å². The second-order valence-electron chi connectivity index (χ2n) is 15.7. The fraction of sp³-hybridized carbons (Fsp3) is 0.568. The SMILES string of the molecule is CCC1C=CC(NC(=O)OCc2ccccc2)C(OC2C(CO)OC(OC3C(O)C(NC(C)=O)CC(C)C3OC3OC(CC)C=CC3NC(=O)OCc3ccccc3)C2O)O1. The Morgan fingerprint density at radius 3 is 1.62 bits per heavy atom. The van der Waals surface area contributed by atoms with Crippen LogP contribution in [0.15, 0.2) is 85.0 Å². The van der Waals surface area contributed by atoms with Crippen LogP contribution in [0.25, 0.3) is 0 Å². The average Bonchev–Trinajstić information content (AvgIpc) is 3.56. The summed E-state index contributed by atoms with van der Waals surface area (Å²) in [5.74, 6) is -0.754. The van der Waals surface area contributed by atoms with E-state index in [0.29, 0.717) is 12.8 Å². The number of amides is 3. The molecule has 0 aromatic heterocycles. The van der Waals surface area contributed by atoms with Gasteiger partial charge in [0, 0.05) is 6.92 Å². The Morgan fingerprint density at radius 2 is 1.15 bits per heavy atom. The van der Waals surface area contributed by atoms with E-state index in [1.54, 1.807) is 18.2 Å². The van der Waals surface area contributed by atoms with Gasteiger partial charge in [0.05, 0.1) is 31.0 Å². The van der Waals surface area contributed by atoms with E-state index in [0.717, 1.165) is 11.1 Å². The number of hydrogen-bond acceptors (Lipinski definition) is 14. The van der Waals surface area contributed by atoms with Gasteiger partial charge in [0.1, 0.15) is 55.8 Å². The van der Waals surface area contributed by atoms with E-state index >= 15 is 0 Å². The molecule has 2 fully saturated rings. The number of carbonyl (C=O) groups excluding carboxylic acids is 3. The summed E-state index contributed by atoms with van der Waals surface area (Å²) in [6, 6.07) is 16.0. The lowest BCUT2D eigenvalue weighted by Crippen LogP contribution is -2.62. The van der Waals surface area contributed by atoms with Gasteiger partial charge in [-0.25, -0.2) is 9.59 Å². The Kier molecular flexibility index (Phi) is 16.7. The third-order valence-corrected chi connectivity index (χ3v) is 11.1. The van der Waals surface area contributed by atoms with Crippen LogP contribution in [0.1, 0.15) is 58.1 Å². The van der Waals surface area contributed by atoms with Crippen LogP contribution in [0.3, 0.4) is 0 Å². The van der Waals surface area contributed by atoms with Gasteiger partial charge in [0.15, 0.2) is 18.9 Å². The third kappa shape index (κ3) is 12.4. The zero-order chi connectivity index (χ0) is 43.5. The molecule has 3 aliphatic heterocycles. The number of hydrogen-bond donors (Lipinski definition) is 6. The Bertz CT molecular complexity index is 1770. The molecule has 2 aromatic rings. The van der Waals surface area contributed by atoms with Crippen molar-refractivity contribution < 1.29 is 67.6 Å². The summed E-state index contributed by atoms with van der Waals surface area (Å²) in [4.78, 5) is 38.1. The molecular weight excluding hydrogens is 794 g/mol. The van der Waals surface area contributed by atoms with Crippen molar-refractivity contribution >= 4 is 18.1 Å². The molecule has 0 radical (unpaired) electrons. The quantitative estimate of drug-likeness (QED) is 0.134. The highest BCUT2D eigenvalue weighted by Gasteiger charge is 2.53. The normalized spacial score (nSPS) is 34.6. The van der Waals surface area contributed by atoms with E-state index in [9.17, 15) is 29.7 Å². The highest BCUT2D eigenvalue weighted by atomic mass is 16.8. The predicted molar refractivity (Wildman–Crippen MR) is 217 cm³/mol. The Balaban J connectivity index is 1.16. The average molecular weight is 854 g/mol. The van der Waals surface area contributed by atoms with Crippen LogP contribution < -0.4 is 16.0 Å². The Hall–Kier alpha value is -4.43. The molecule has 3 amide bonds. The molecule has 17 nitrogen and oxygen atoms in total. The minimum atomic E-state index is -1.55. The molecule has 6 rings (SSSR count). The molecule has 3 heterocycles. The third-order valence-electron chi connectivity index (χ3n) is 11.1. The number of rotatable bonds is 16. The van der Waals surface area contributed by atoms with E-state index in [1.165, 1.54) is 6.92 Å². The maximum absolute atomic E-state index is 13.0. The smallest absolute Gasteiger partial charge is 0.408 e. The Labute approximate surface area is 355 Å². The lowest BCUT2D eigenvalue weighted by molar-refractivity contribution is -0.287. The van der Waals surface area contributed by atoms with Gasteiger partial charge in [-0.1, -0.05) is 106 Å². The lowest BCUT2D eigenvalue weighted by Gasteiger charge is -2.46. The minimum Gasteiger partial charge on any atom is -0.445 e. The van der Waals surface area contributed by atoms with E-state index in [4.69, 9.17) is 37.9 Å². The fourth-order valence-electron chi connectivity index (χ4n) is 7.80. The molecule has 0 bridgehead atoms. The summed E-state index contributed by atoms with van der Waals surface area (Å²) >= 11 is 0. The van der Waals surface area contributed by atoms with Crippen LogP contribution in [0.2, 0.25) is 0 Å². The Morgan fingerprint density at radius 1 is 0.656 bits per heavy atom. The highest BCUT2D eigenvalue weighted by Crippen LogP contribution is 2.36. The molecule has 334 valence electrons. The predicted octanol–water partition coefficient (Wildman–Crippen LogP) is 3.10. The maximum atomic E-state index is 13.0. The van der Waals surface area contributed by atoms with Gasteiger partial charge < -0.3 is 69.2 Å². The second-order valence-corrected chi connectivity index (χ2v) is 15.7. The van der Waals surface area contributed by atoms with Crippen molar-refractivity contribution in [3.8, 4) is 0 Å². The molecule has 15 unspecified atom stereocenters. The van der Waals surface area contributed by atoms with Gasteiger partial charge in [-0.2, -0.15) is 0 Å². The highest BCUT2D eigenvalue weighted by molar-refractivity contribution is 5.73. The molecular formula is C44H59N3O14. The maximum Gasteiger partial charge on any atom is 0.408 e. The van der Waals surface area contributed by atoms with Crippen LogP contribution >= 0.6 is 0 Å². The second kappa shape index (κ2) is 22.1. The molecule has 1 saturated heterocycles. The number of benzene rings is 2. The number of alkyl carbamates (subject to hydrolysis) is 2. The molecule has 1 aliphatic carbocycles. The number of nitrogens with one attached hydrogen (secondary N) is 3. The molecule has 6 N–H and O–H groups in total. The molecule has 17 heteroatoms. The monoisotopic (exact) mass is 853 g/mol. The van der Waals surface area contributed by atoms with E-state index in [-0.39, 0.29) is 43.7 Å². The molecule has 4 aliphatic rings. The van der Waals surface area contributed by atoms with E-state index in [2.05, 4.69) is 16.0 Å².